The van der Waals surface area contributed by atoms with Crippen molar-refractivity contribution in [3.05, 3.63) is 52.3 Å². The van der Waals surface area contributed by atoms with Crippen LogP contribution in [0.25, 0.3) is 0 Å². The predicted octanol–water partition coefficient (Wildman–Crippen LogP) is 2.04. The molecule has 0 fully saturated rings. The van der Waals surface area contributed by atoms with E-state index in [2.05, 4.69) is 21.0 Å². The fourth-order valence-electron chi connectivity index (χ4n) is 2.35. The molecule has 0 saturated heterocycles. The molecule has 0 amide bonds. The van der Waals surface area contributed by atoms with Gasteiger partial charge in [-0.1, -0.05) is 28.1 Å². The smallest absolute Gasteiger partial charge is 0.0550 e. The Morgan fingerprint density at radius 2 is 1.80 bits per heavy atom. The molecular formula is C15H19BrN2O2. The van der Waals surface area contributed by atoms with Crippen LogP contribution in [0.3, 0.4) is 0 Å². The van der Waals surface area contributed by atoms with Crippen LogP contribution in [-0.2, 0) is 18.9 Å². The Labute approximate surface area is 127 Å². The average Bonchev–Trinajstić information content (AvgIpc) is 2.88. The highest BCUT2D eigenvalue weighted by Crippen LogP contribution is 2.30. The van der Waals surface area contributed by atoms with E-state index in [0.29, 0.717) is 6.42 Å². The van der Waals surface area contributed by atoms with E-state index in [1.807, 2.05) is 42.1 Å². The van der Waals surface area contributed by atoms with Crippen molar-refractivity contribution in [2.75, 3.05) is 13.2 Å². The number of nitrogens with zero attached hydrogens (tertiary/aromatic N) is 2. The van der Waals surface area contributed by atoms with Crippen molar-refractivity contribution in [1.82, 2.24) is 9.78 Å². The van der Waals surface area contributed by atoms with Crippen LogP contribution >= 0.6 is 15.9 Å². The third-order valence-electron chi connectivity index (χ3n) is 3.84. The number of aromatic nitrogens is 2. The van der Waals surface area contributed by atoms with Gasteiger partial charge in [-0.25, -0.2) is 0 Å². The highest BCUT2D eigenvalue weighted by Gasteiger charge is 2.31. The maximum absolute atomic E-state index is 9.80. The maximum atomic E-state index is 9.80. The Kier molecular flexibility index (Phi) is 4.96. The van der Waals surface area contributed by atoms with E-state index in [0.717, 1.165) is 22.2 Å². The molecule has 20 heavy (non-hydrogen) atoms. The van der Waals surface area contributed by atoms with Gasteiger partial charge in [0.2, 0.25) is 0 Å². The van der Waals surface area contributed by atoms with E-state index in [-0.39, 0.29) is 13.2 Å². The van der Waals surface area contributed by atoms with Gasteiger partial charge >= 0.3 is 0 Å². The molecule has 1 aromatic carbocycles. The second-order valence-corrected chi connectivity index (χ2v) is 5.97. The van der Waals surface area contributed by atoms with Crippen molar-refractivity contribution in [3.8, 4) is 0 Å². The highest BCUT2D eigenvalue weighted by molar-refractivity contribution is 9.10. The summed E-state index contributed by atoms with van der Waals surface area (Å²) in [5.41, 5.74) is 1.42. The summed E-state index contributed by atoms with van der Waals surface area (Å²) < 4.78 is 2.80. The van der Waals surface area contributed by atoms with Crippen molar-refractivity contribution < 1.29 is 10.2 Å². The normalized spacial score (nSPS) is 11.8. The molecule has 0 bridgehead atoms. The predicted molar refractivity (Wildman–Crippen MR) is 81.5 cm³/mol. The van der Waals surface area contributed by atoms with Crippen molar-refractivity contribution in [2.24, 2.45) is 7.05 Å². The SMILES string of the molecule is Cn1nccc1CCC(CO)(CO)c1ccc(Br)cc1. The second-order valence-electron chi connectivity index (χ2n) is 5.05. The summed E-state index contributed by atoms with van der Waals surface area (Å²) >= 11 is 3.40. The van der Waals surface area contributed by atoms with Crippen molar-refractivity contribution in [3.63, 3.8) is 0 Å². The molecule has 0 aliphatic carbocycles. The first-order chi connectivity index (χ1) is 9.61. The van der Waals surface area contributed by atoms with Crippen LogP contribution in [0.2, 0.25) is 0 Å². The molecule has 0 saturated carbocycles. The summed E-state index contributed by atoms with van der Waals surface area (Å²) in [5, 5.41) is 23.7. The van der Waals surface area contributed by atoms with Gasteiger partial charge < -0.3 is 10.2 Å². The van der Waals surface area contributed by atoms with E-state index < -0.39 is 5.41 Å². The summed E-state index contributed by atoms with van der Waals surface area (Å²) in [6.07, 6.45) is 3.18. The van der Waals surface area contributed by atoms with Crippen LogP contribution < -0.4 is 0 Å². The molecule has 0 aliphatic rings. The first-order valence-electron chi connectivity index (χ1n) is 6.56. The number of benzene rings is 1. The molecule has 108 valence electrons. The standard InChI is InChI=1S/C15H19BrN2O2/c1-18-14(7-9-17-18)6-8-15(10-19,11-20)12-2-4-13(16)5-3-12/h2-5,7,9,19-20H,6,8,10-11H2,1H3. The molecule has 1 heterocycles. The lowest BCUT2D eigenvalue weighted by Crippen LogP contribution is -2.35. The van der Waals surface area contributed by atoms with Gasteiger partial charge in [0.25, 0.3) is 0 Å². The lowest BCUT2D eigenvalue weighted by Gasteiger charge is -2.30. The van der Waals surface area contributed by atoms with Crippen LogP contribution in [0.5, 0.6) is 0 Å². The zero-order chi connectivity index (χ0) is 14.6. The molecule has 1 aromatic heterocycles. The average molecular weight is 339 g/mol. The number of aliphatic hydroxyl groups is 2. The fraction of sp³-hybridized carbons (Fsp3) is 0.400. The van der Waals surface area contributed by atoms with Gasteiger partial charge in [0, 0.05) is 28.8 Å². The topological polar surface area (TPSA) is 58.3 Å². The van der Waals surface area contributed by atoms with Crippen LogP contribution in [-0.4, -0.2) is 33.2 Å². The zero-order valence-corrected chi connectivity index (χ0v) is 13.0. The lowest BCUT2D eigenvalue weighted by atomic mass is 9.77. The Hall–Kier alpha value is -1.17. The summed E-state index contributed by atoms with van der Waals surface area (Å²) in [6, 6.07) is 9.71. The fourth-order valence-corrected chi connectivity index (χ4v) is 2.62. The van der Waals surface area contributed by atoms with Crippen molar-refractivity contribution in [1.29, 1.82) is 0 Å². The van der Waals surface area contributed by atoms with E-state index >= 15 is 0 Å². The molecule has 0 aliphatic heterocycles. The number of hydrogen-bond acceptors (Lipinski definition) is 3. The minimum Gasteiger partial charge on any atom is -0.395 e. The molecule has 2 rings (SSSR count). The molecule has 4 nitrogen and oxygen atoms in total. The Bertz CT molecular complexity index is 547. The molecule has 0 atom stereocenters. The monoisotopic (exact) mass is 338 g/mol. The number of rotatable bonds is 6. The third-order valence-corrected chi connectivity index (χ3v) is 4.37. The number of aliphatic hydroxyl groups excluding tert-OH is 2. The van der Waals surface area contributed by atoms with Gasteiger partial charge in [-0.05, 0) is 36.6 Å². The van der Waals surface area contributed by atoms with Crippen LogP contribution in [0.1, 0.15) is 17.7 Å². The van der Waals surface area contributed by atoms with E-state index in [9.17, 15) is 10.2 Å². The van der Waals surface area contributed by atoms with Gasteiger partial charge in [-0.3, -0.25) is 4.68 Å². The number of hydrogen-bond donors (Lipinski definition) is 2. The zero-order valence-electron chi connectivity index (χ0n) is 11.5. The molecule has 2 aromatic rings. The van der Waals surface area contributed by atoms with E-state index in [4.69, 9.17) is 0 Å². The molecule has 5 heteroatoms. The van der Waals surface area contributed by atoms with Crippen LogP contribution in [0, 0.1) is 0 Å². The van der Waals surface area contributed by atoms with Gasteiger partial charge in [-0.2, -0.15) is 5.10 Å². The molecular weight excluding hydrogens is 320 g/mol. The highest BCUT2D eigenvalue weighted by atomic mass is 79.9. The maximum Gasteiger partial charge on any atom is 0.0550 e. The first kappa shape index (κ1) is 15.2. The summed E-state index contributed by atoms with van der Waals surface area (Å²) in [5.74, 6) is 0. The van der Waals surface area contributed by atoms with Crippen LogP contribution in [0.15, 0.2) is 41.0 Å². The first-order valence-corrected chi connectivity index (χ1v) is 7.35. The molecule has 0 spiro atoms. The molecule has 0 radical (unpaired) electrons. The Balaban J connectivity index is 2.21. The van der Waals surface area contributed by atoms with E-state index in [1.54, 1.807) is 6.20 Å². The minimum atomic E-state index is -0.620. The van der Waals surface area contributed by atoms with Gasteiger partial charge in [0.1, 0.15) is 0 Å². The number of aryl methyl sites for hydroxylation is 2. The third kappa shape index (κ3) is 3.11. The second kappa shape index (κ2) is 6.52. The van der Waals surface area contributed by atoms with Gasteiger partial charge in [-0.15, -0.1) is 0 Å². The number of halogens is 1. The summed E-state index contributed by atoms with van der Waals surface area (Å²) in [4.78, 5) is 0. The summed E-state index contributed by atoms with van der Waals surface area (Å²) in [7, 11) is 1.90. The molecule has 0 unspecified atom stereocenters. The summed E-state index contributed by atoms with van der Waals surface area (Å²) in [6.45, 7) is -0.161. The largest absolute Gasteiger partial charge is 0.395 e. The van der Waals surface area contributed by atoms with Gasteiger partial charge in [0.05, 0.1) is 13.2 Å². The quantitative estimate of drug-likeness (QED) is 0.847. The van der Waals surface area contributed by atoms with Crippen LogP contribution in [0.4, 0.5) is 0 Å². The van der Waals surface area contributed by atoms with Crippen molar-refractivity contribution in [2.45, 2.75) is 18.3 Å². The Morgan fingerprint density at radius 1 is 1.15 bits per heavy atom. The Morgan fingerprint density at radius 3 is 2.30 bits per heavy atom. The minimum absolute atomic E-state index is 0.0804. The van der Waals surface area contributed by atoms with Crippen molar-refractivity contribution >= 4 is 15.9 Å². The van der Waals surface area contributed by atoms with Gasteiger partial charge in [0.15, 0.2) is 0 Å². The molecule has 2 N–H and O–H groups in total. The lowest BCUT2D eigenvalue weighted by molar-refractivity contribution is 0.109. The van der Waals surface area contributed by atoms with E-state index in [1.165, 1.54) is 0 Å².